The van der Waals surface area contributed by atoms with E-state index < -0.39 is 0 Å². The van der Waals surface area contributed by atoms with Gasteiger partial charge >= 0.3 is 0 Å². The van der Waals surface area contributed by atoms with Gasteiger partial charge in [-0.1, -0.05) is 22.9 Å². The second-order valence-electron chi connectivity index (χ2n) is 4.17. The summed E-state index contributed by atoms with van der Waals surface area (Å²) >= 11 is 3.39. The summed E-state index contributed by atoms with van der Waals surface area (Å²) in [7, 11) is 3.96. The molecule has 0 aliphatic rings. The standard InChI is InChI=1S/C13H19BrN2O/c1-4-11(9-14)15-13(17)10-5-7-12(8-6-10)16(2)3/h5-8,11H,4,9H2,1-3H3,(H,15,17). The molecule has 4 heteroatoms. The van der Waals surface area contributed by atoms with Gasteiger partial charge in [-0.3, -0.25) is 4.79 Å². The SMILES string of the molecule is CCC(CBr)NC(=O)c1ccc(N(C)C)cc1. The lowest BCUT2D eigenvalue weighted by Gasteiger charge is -2.15. The van der Waals surface area contributed by atoms with Gasteiger partial charge < -0.3 is 10.2 Å². The average molecular weight is 299 g/mol. The Bertz CT molecular complexity index is 358. The van der Waals surface area contributed by atoms with Gasteiger partial charge in [0, 0.05) is 36.7 Å². The molecule has 1 atom stereocenters. The van der Waals surface area contributed by atoms with Crippen molar-refractivity contribution in [2.75, 3.05) is 24.3 Å². The summed E-state index contributed by atoms with van der Waals surface area (Å²) in [4.78, 5) is 13.9. The van der Waals surface area contributed by atoms with E-state index in [4.69, 9.17) is 0 Å². The molecule has 1 aromatic rings. The molecular formula is C13H19BrN2O. The zero-order valence-corrected chi connectivity index (χ0v) is 12.1. The second kappa shape index (κ2) is 6.64. The molecule has 0 radical (unpaired) electrons. The molecule has 0 saturated heterocycles. The van der Waals surface area contributed by atoms with E-state index in [1.165, 1.54) is 0 Å². The summed E-state index contributed by atoms with van der Waals surface area (Å²) in [5.41, 5.74) is 1.80. The number of carbonyl (C=O) groups is 1. The van der Waals surface area contributed by atoms with Crippen LogP contribution in [0.15, 0.2) is 24.3 Å². The number of nitrogens with zero attached hydrogens (tertiary/aromatic N) is 1. The molecular weight excluding hydrogens is 280 g/mol. The van der Waals surface area contributed by atoms with E-state index in [-0.39, 0.29) is 11.9 Å². The molecule has 1 amide bonds. The summed E-state index contributed by atoms with van der Waals surface area (Å²) in [6, 6.07) is 7.79. The minimum atomic E-state index is -0.0124. The van der Waals surface area contributed by atoms with Crippen LogP contribution in [-0.2, 0) is 0 Å². The Balaban J connectivity index is 2.69. The molecule has 0 heterocycles. The van der Waals surface area contributed by atoms with E-state index >= 15 is 0 Å². The minimum absolute atomic E-state index is 0.0124. The summed E-state index contributed by atoms with van der Waals surface area (Å²) < 4.78 is 0. The van der Waals surface area contributed by atoms with Gasteiger partial charge in [-0.2, -0.15) is 0 Å². The Labute approximate surface area is 111 Å². The Morgan fingerprint density at radius 1 is 1.35 bits per heavy atom. The van der Waals surface area contributed by atoms with Crippen molar-refractivity contribution in [2.24, 2.45) is 0 Å². The van der Waals surface area contributed by atoms with Crippen molar-refractivity contribution in [3.8, 4) is 0 Å². The van der Waals surface area contributed by atoms with Crippen molar-refractivity contribution in [3.05, 3.63) is 29.8 Å². The van der Waals surface area contributed by atoms with Crippen LogP contribution in [0.3, 0.4) is 0 Å². The zero-order valence-electron chi connectivity index (χ0n) is 10.5. The molecule has 0 saturated carbocycles. The fourth-order valence-electron chi connectivity index (χ4n) is 1.43. The van der Waals surface area contributed by atoms with Crippen molar-refractivity contribution >= 4 is 27.5 Å². The summed E-state index contributed by atoms with van der Waals surface area (Å²) in [5.74, 6) is -0.0124. The maximum Gasteiger partial charge on any atom is 0.251 e. The molecule has 0 aromatic heterocycles. The Kier molecular flexibility index (Phi) is 5.48. The predicted molar refractivity (Wildman–Crippen MR) is 76.1 cm³/mol. The van der Waals surface area contributed by atoms with Gasteiger partial charge in [0.1, 0.15) is 0 Å². The van der Waals surface area contributed by atoms with Crippen LogP contribution in [-0.4, -0.2) is 31.4 Å². The lowest BCUT2D eigenvalue weighted by Crippen LogP contribution is -2.35. The third kappa shape index (κ3) is 4.04. The molecule has 1 N–H and O–H groups in total. The molecule has 1 rings (SSSR count). The van der Waals surface area contributed by atoms with Gasteiger partial charge in [0.05, 0.1) is 0 Å². The third-order valence-electron chi connectivity index (χ3n) is 2.66. The smallest absolute Gasteiger partial charge is 0.251 e. The minimum Gasteiger partial charge on any atom is -0.378 e. The van der Waals surface area contributed by atoms with Gasteiger partial charge in [-0.05, 0) is 30.7 Å². The van der Waals surface area contributed by atoms with E-state index in [1.807, 2.05) is 43.3 Å². The fraction of sp³-hybridized carbons (Fsp3) is 0.462. The van der Waals surface area contributed by atoms with Gasteiger partial charge in [0.2, 0.25) is 0 Å². The normalized spacial score (nSPS) is 12.0. The number of amides is 1. The first-order chi connectivity index (χ1) is 8.08. The second-order valence-corrected chi connectivity index (χ2v) is 4.82. The molecule has 1 aromatic carbocycles. The fourth-order valence-corrected chi connectivity index (χ4v) is 2.05. The van der Waals surface area contributed by atoms with Crippen molar-refractivity contribution in [1.29, 1.82) is 0 Å². The van der Waals surface area contributed by atoms with Gasteiger partial charge in [0.15, 0.2) is 0 Å². The van der Waals surface area contributed by atoms with Gasteiger partial charge in [-0.15, -0.1) is 0 Å². The van der Waals surface area contributed by atoms with Crippen LogP contribution in [0.2, 0.25) is 0 Å². The lowest BCUT2D eigenvalue weighted by atomic mass is 10.1. The summed E-state index contributed by atoms with van der Waals surface area (Å²) in [6.45, 7) is 2.06. The van der Waals surface area contributed by atoms with E-state index in [2.05, 4.69) is 28.2 Å². The van der Waals surface area contributed by atoms with Crippen molar-refractivity contribution in [3.63, 3.8) is 0 Å². The molecule has 1 unspecified atom stereocenters. The van der Waals surface area contributed by atoms with Gasteiger partial charge in [0.25, 0.3) is 5.91 Å². The Morgan fingerprint density at radius 2 is 1.94 bits per heavy atom. The number of hydrogen-bond acceptors (Lipinski definition) is 2. The number of halogens is 1. The van der Waals surface area contributed by atoms with E-state index in [9.17, 15) is 4.79 Å². The number of hydrogen-bond donors (Lipinski definition) is 1. The number of rotatable bonds is 5. The number of carbonyl (C=O) groups excluding carboxylic acids is 1. The number of alkyl halides is 1. The Morgan fingerprint density at radius 3 is 2.35 bits per heavy atom. The molecule has 0 bridgehead atoms. The first-order valence-corrected chi connectivity index (χ1v) is 6.84. The topological polar surface area (TPSA) is 32.3 Å². The third-order valence-corrected chi connectivity index (χ3v) is 3.44. The van der Waals surface area contributed by atoms with Crippen LogP contribution in [0.4, 0.5) is 5.69 Å². The summed E-state index contributed by atoms with van der Waals surface area (Å²) in [6.07, 6.45) is 0.923. The molecule has 0 spiro atoms. The molecule has 3 nitrogen and oxygen atoms in total. The molecule has 17 heavy (non-hydrogen) atoms. The molecule has 0 aliphatic heterocycles. The first-order valence-electron chi connectivity index (χ1n) is 5.72. The van der Waals surface area contributed by atoms with Crippen LogP contribution >= 0.6 is 15.9 Å². The Hall–Kier alpha value is -1.03. The van der Waals surface area contributed by atoms with E-state index in [1.54, 1.807) is 0 Å². The number of benzene rings is 1. The highest BCUT2D eigenvalue weighted by Crippen LogP contribution is 2.12. The van der Waals surface area contributed by atoms with Crippen LogP contribution in [0.25, 0.3) is 0 Å². The summed E-state index contributed by atoms with van der Waals surface area (Å²) in [5, 5.41) is 3.76. The average Bonchev–Trinajstić information content (AvgIpc) is 2.35. The monoisotopic (exact) mass is 298 g/mol. The number of nitrogens with one attached hydrogen (secondary N) is 1. The largest absolute Gasteiger partial charge is 0.378 e. The quantitative estimate of drug-likeness (QED) is 0.848. The van der Waals surface area contributed by atoms with Crippen molar-refractivity contribution in [1.82, 2.24) is 5.32 Å². The molecule has 0 fully saturated rings. The van der Waals surface area contributed by atoms with Crippen LogP contribution in [0, 0.1) is 0 Å². The van der Waals surface area contributed by atoms with Crippen molar-refractivity contribution < 1.29 is 4.79 Å². The lowest BCUT2D eigenvalue weighted by molar-refractivity contribution is 0.0940. The van der Waals surface area contributed by atoms with Crippen LogP contribution < -0.4 is 10.2 Å². The zero-order chi connectivity index (χ0) is 12.8. The highest BCUT2D eigenvalue weighted by atomic mass is 79.9. The van der Waals surface area contributed by atoms with Crippen LogP contribution in [0.5, 0.6) is 0 Å². The highest BCUT2D eigenvalue weighted by molar-refractivity contribution is 9.09. The first kappa shape index (κ1) is 14.0. The molecule has 0 aliphatic carbocycles. The molecule has 94 valence electrons. The maximum absolute atomic E-state index is 11.9. The van der Waals surface area contributed by atoms with E-state index in [0.717, 1.165) is 17.4 Å². The maximum atomic E-state index is 11.9. The van der Waals surface area contributed by atoms with Gasteiger partial charge in [-0.25, -0.2) is 0 Å². The van der Waals surface area contributed by atoms with Crippen LogP contribution in [0.1, 0.15) is 23.7 Å². The van der Waals surface area contributed by atoms with Crippen molar-refractivity contribution in [2.45, 2.75) is 19.4 Å². The van der Waals surface area contributed by atoms with E-state index in [0.29, 0.717) is 5.56 Å². The number of anilines is 1. The predicted octanol–water partition coefficient (Wildman–Crippen LogP) is 2.66. The highest BCUT2D eigenvalue weighted by Gasteiger charge is 2.10.